The monoisotopic (exact) mass is 325 g/mol. The highest BCUT2D eigenvalue weighted by atomic mass is 16.6. The van der Waals surface area contributed by atoms with Crippen LogP contribution in [0.15, 0.2) is 48.5 Å². The van der Waals surface area contributed by atoms with Crippen molar-refractivity contribution in [3.63, 3.8) is 0 Å². The molecule has 0 unspecified atom stereocenters. The molecule has 2 aromatic carbocycles. The number of aryl methyl sites for hydroxylation is 1. The number of amides is 1. The highest BCUT2D eigenvalue weighted by molar-refractivity contribution is 5.98. The van der Waals surface area contributed by atoms with Crippen LogP contribution in [0.1, 0.15) is 23.6 Å². The SMILES string of the molecule is CCc1ccc2c(c1)N(C(=O)OCc1ccccc1)[C@H](C(=O)O)C2. The molecule has 0 saturated carbocycles. The van der Waals surface area contributed by atoms with Crippen molar-refractivity contribution in [1.29, 1.82) is 0 Å². The fraction of sp³-hybridized carbons (Fsp3) is 0.263. The van der Waals surface area contributed by atoms with Gasteiger partial charge >= 0.3 is 12.1 Å². The minimum atomic E-state index is -1.03. The standard InChI is InChI=1S/C19H19NO4/c1-2-13-8-9-15-11-17(18(21)22)20(16(15)10-13)19(23)24-12-14-6-4-3-5-7-14/h3-10,17H,2,11-12H2,1H3,(H,21,22)/t17-/m0/s1. The summed E-state index contributed by atoms with van der Waals surface area (Å²) >= 11 is 0. The summed E-state index contributed by atoms with van der Waals surface area (Å²) in [5, 5.41) is 9.47. The highest BCUT2D eigenvalue weighted by Crippen LogP contribution is 2.34. The summed E-state index contributed by atoms with van der Waals surface area (Å²) in [6.45, 7) is 2.13. The molecule has 2 aromatic rings. The zero-order valence-corrected chi connectivity index (χ0v) is 13.4. The molecule has 1 atom stereocenters. The van der Waals surface area contributed by atoms with E-state index in [0.29, 0.717) is 12.1 Å². The maximum atomic E-state index is 12.5. The number of ether oxygens (including phenoxy) is 1. The van der Waals surface area contributed by atoms with E-state index < -0.39 is 18.1 Å². The van der Waals surface area contributed by atoms with Crippen LogP contribution in [0.2, 0.25) is 0 Å². The van der Waals surface area contributed by atoms with Crippen LogP contribution >= 0.6 is 0 Å². The lowest BCUT2D eigenvalue weighted by atomic mass is 10.1. The Bertz CT molecular complexity index is 757. The molecule has 0 saturated heterocycles. The smallest absolute Gasteiger partial charge is 0.415 e. The molecule has 1 heterocycles. The number of carbonyl (C=O) groups is 2. The zero-order valence-electron chi connectivity index (χ0n) is 13.4. The third kappa shape index (κ3) is 3.11. The van der Waals surface area contributed by atoms with E-state index >= 15 is 0 Å². The Morgan fingerprint density at radius 2 is 1.92 bits per heavy atom. The van der Waals surface area contributed by atoms with Gasteiger partial charge in [-0.2, -0.15) is 0 Å². The minimum absolute atomic E-state index is 0.116. The second-order valence-corrected chi connectivity index (χ2v) is 5.78. The second-order valence-electron chi connectivity index (χ2n) is 5.78. The Balaban J connectivity index is 1.83. The van der Waals surface area contributed by atoms with Crippen LogP contribution < -0.4 is 4.90 Å². The number of carboxylic acids is 1. The number of hydrogen-bond donors (Lipinski definition) is 1. The molecule has 5 heteroatoms. The van der Waals surface area contributed by atoms with Gasteiger partial charge in [0.2, 0.25) is 0 Å². The van der Waals surface area contributed by atoms with E-state index in [0.717, 1.165) is 23.1 Å². The fourth-order valence-corrected chi connectivity index (χ4v) is 2.91. The number of carboxylic acid groups (broad SMARTS) is 1. The van der Waals surface area contributed by atoms with E-state index in [1.54, 1.807) is 0 Å². The predicted octanol–water partition coefficient (Wildman–Crippen LogP) is 3.40. The van der Waals surface area contributed by atoms with Gasteiger partial charge in [0.15, 0.2) is 0 Å². The van der Waals surface area contributed by atoms with Crippen LogP contribution in [-0.2, 0) is 29.0 Å². The molecule has 124 valence electrons. The molecule has 0 aromatic heterocycles. The molecule has 1 aliphatic heterocycles. The number of fused-ring (bicyclic) bond motifs is 1. The van der Waals surface area contributed by atoms with Crippen molar-refractivity contribution in [3.8, 4) is 0 Å². The third-order valence-electron chi connectivity index (χ3n) is 4.23. The molecular formula is C19H19NO4. The van der Waals surface area contributed by atoms with E-state index in [4.69, 9.17) is 4.74 Å². The number of aliphatic carboxylic acids is 1. The van der Waals surface area contributed by atoms with E-state index in [9.17, 15) is 14.7 Å². The average Bonchev–Trinajstić information content (AvgIpc) is 2.99. The summed E-state index contributed by atoms with van der Waals surface area (Å²) in [6.07, 6.45) is 0.491. The average molecular weight is 325 g/mol. The lowest BCUT2D eigenvalue weighted by Crippen LogP contribution is -2.43. The molecule has 0 bridgehead atoms. The Morgan fingerprint density at radius 1 is 1.17 bits per heavy atom. The van der Waals surface area contributed by atoms with Gasteiger partial charge in [-0.05, 0) is 29.2 Å². The van der Waals surface area contributed by atoms with Gasteiger partial charge in [0.25, 0.3) is 0 Å². The van der Waals surface area contributed by atoms with Crippen molar-refractivity contribution >= 4 is 17.7 Å². The number of hydrogen-bond acceptors (Lipinski definition) is 3. The van der Waals surface area contributed by atoms with Crippen molar-refractivity contribution < 1.29 is 19.4 Å². The van der Waals surface area contributed by atoms with Crippen LogP contribution in [0.4, 0.5) is 10.5 Å². The maximum Gasteiger partial charge on any atom is 0.415 e. The van der Waals surface area contributed by atoms with Crippen LogP contribution in [0.3, 0.4) is 0 Å². The molecule has 1 aliphatic rings. The highest BCUT2D eigenvalue weighted by Gasteiger charge is 2.39. The normalized spacial score (nSPS) is 15.9. The van der Waals surface area contributed by atoms with Crippen LogP contribution in [-0.4, -0.2) is 23.2 Å². The van der Waals surface area contributed by atoms with Crippen LogP contribution in [0.25, 0.3) is 0 Å². The first-order chi connectivity index (χ1) is 11.6. The predicted molar refractivity (Wildman–Crippen MR) is 90.1 cm³/mol. The van der Waals surface area contributed by atoms with Gasteiger partial charge in [-0.3, -0.25) is 4.90 Å². The van der Waals surface area contributed by atoms with Gasteiger partial charge in [0, 0.05) is 6.42 Å². The summed E-state index contributed by atoms with van der Waals surface area (Å²) < 4.78 is 5.35. The van der Waals surface area contributed by atoms with Crippen LogP contribution in [0, 0.1) is 0 Å². The molecule has 1 N–H and O–H groups in total. The molecule has 0 radical (unpaired) electrons. The number of benzene rings is 2. The van der Waals surface area contributed by atoms with Crippen LogP contribution in [0.5, 0.6) is 0 Å². The quantitative estimate of drug-likeness (QED) is 0.935. The van der Waals surface area contributed by atoms with E-state index in [-0.39, 0.29) is 6.61 Å². The van der Waals surface area contributed by atoms with Gasteiger partial charge < -0.3 is 9.84 Å². The Labute approximate surface area is 140 Å². The van der Waals surface area contributed by atoms with Crippen molar-refractivity contribution in [3.05, 3.63) is 65.2 Å². The van der Waals surface area contributed by atoms with Crippen molar-refractivity contribution in [2.45, 2.75) is 32.4 Å². The van der Waals surface area contributed by atoms with Gasteiger partial charge in [-0.15, -0.1) is 0 Å². The van der Waals surface area contributed by atoms with Crippen molar-refractivity contribution in [1.82, 2.24) is 0 Å². The maximum absolute atomic E-state index is 12.5. The van der Waals surface area contributed by atoms with E-state index in [2.05, 4.69) is 0 Å². The molecule has 0 fully saturated rings. The topological polar surface area (TPSA) is 66.8 Å². The lowest BCUT2D eigenvalue weighted by Gasteiger charge is -2.22. The number of nitrogens with zero attached hydrogens (tertiary/aromatic N) is 1. The van der Waals surface area contributed by atoms with Gasteiger partial charge in [-0.1, -0.05) is 49.4 Å². The molecule has 0 aliphatic carbocycles. The number of anilines is 1. The zero-order chi connectivity index (χ0) is 17.1. The lowest BCUT2D eigenvalue weighted by molar-refractivity contribution is -0.138. The first kappa shape index (κ1) is 16.1. The summed E-state index contributed by atoms with van der Waals surface area (Å²) in [6, 6.07) is 14.1. The fourth-order valence-electron chi connectivity index (χ4n) is 2.91. The largest absolute Gasteiger partial charge is 0.480 e. The Morgan fingerprint density at radius 3 is 2.58 bits per heavy atom. The van der Waals surface area contributed by atoms with Gasteiger partial charge in [0.1, 0.15) is 12.6 Å². The summed E-state index contributed by atoms with van der Waals surface area (Å²) in [4.78, 5) is 25.4. The Hall–Kier alpha value is -2.82. The summed E-state index contributed by atoms with van der Waals surface area (Å²) in [5.74, 6) is -1.03. The van der Waals surface area contributed by atoms with Gasteiger partial charge in [-0.25, -0.2) is 9.59 Å². The first-order valence-corrected chi connectivity index (χ1v) is 7.94. The second kappa shape index (κ2) is 6.74. The molecule has 0 spiro atoms. The van der Waals surface area contributed by atoms with Gasteiger partial charge in [0.05, 0.1) is 5.69 Å². The molecule has 3 rings (SSSR count). The van der Waals surface area contributed by atoms with Crippen molar-refractivity contribution in [2.75, 3.05) is 4.90 Å². The van der Waals surface area contributed by atoms with Crippen molar-refractivity contribution in [2.24, 2.45) is 0 Å². The molecule has 24 heavy (non-hydrogen) atoms. The molecular weight excluding hydrogens is 306 g/mol. The molecule has 5 nitrogen and oxygen atoms in total. The third-order valence-corrected chi connectivity index (χ3v) is 4.23. The number of carbonyl (C=O) groups excluding carboxylic acids is 1. The molecule has 1 amide bonds. The first-order valence-electron chi connectivity index (χ1n) is 7.94. The van der Waals surface area contributed by atoms with E-state index in [1.807, 2.05) is 55.5 Å². The minimum Gasteiger partial charge on any atom is -0.480 e. The summed E-state index contributed by atoms with van der Waals surface area (Å²) in [7, 11) is 0. The van der Waals surface area contributed by atoms with E-state index in [1.165, 1.54) is 4.90 Å². The number of rotatable bonds is 4. The Kier molecular flexibility index (Phi) is 4.51. The summed E-state index contributed by atoms with van der Waals surface area (Å²) in [5.41, 5.74) is 3.41.